The fraction of sp³-hybridized carbons (Fsp3) is 0.429. The molecule has 0 amide bonds. The van der Waals surface area contributed by atoms with Crippen molar-refractivity contribution in [2.75, 3.05) is 0 Å². The predicted octanol–water partition coefficient (Wildman–Crippen LogP) is 1.52. The Hall–Kier alpha value is -0.830. The maximum absolute atomic E-state index is 10.9. The van der Waals surface area contributed by atoms with Gasteiger partial charge in [-0.3, -0.25) is 9.48 Å². The number of hydrogen-bond acceptors (Lipinski definition) is 2. The number of halogens is 1. The Morgan fingerprint density at radius 1 is 1.82 bits per heavy atom. The molecule has 0 N–H and O–H groups in total. The van der Waals surface area contributed by atoms with E-state index in [0.717, 1.165) is 0 Å². The largest absolute Gasteiger partial charge is 0.298 e. The van der Waals surface area contributed by atoms with Crippen LogP contribution in [0.15, 0.2) is 12.4 Å². The zero-order valence-corrected chi connectivity index (χ0v) is 7.01. The zero-order chi connectivity index (χ0) is 8.27. The van der Waals surface area contributed by atoms with Crippen molar-refractivity contribution in [2.45, 2.75) is 19.9 Å². The van der Waals surface area contributed by atoms with E-state index < -0.39 is 0 Å². The van der Waals surface area contributed by atoms with Crippen molar-refractivity contribution in [1.82, 2.24) is 9.78 Å². The number of carbonyl (C=O) groups is 1. The zero-order valence-electron chi connectivity index (χ0n) is 6.25. The first-order valence-electron chi connectivity index (χ1n) is 3.42. The molecule has 1 heterocycles. The number of hydrogen-bond donors (Lipinski definition) is 0. The van der Waals surface area contributed by atoms with Crippen LogP contribution in [0.5, 0.6) is 0 Å². The molecule has 0 aromatic carbocycles. The molecule has 0 aliphatic heterocycles. The van der Waals surface area contributed by atoms with E-state index in [4.69, 9.17) is 11.6 Å². The summed E-state index contributed by atoms with van der Waals surface area (Å²) in [6.07, 6.45) is 3.69. The Kier molecular flexibility index (Phi) is 2.65. The second-order valence-corrected chi connectivity index (χ2v) is 2.68. The van der Waals surface area contributed by atoms with E-state index in [1.807, 2.05) is 6.92 Å². The van der Waals surface area contributed by atoms with Gasteiger partial charge in [-0.2, -0.15) is 5.10 Å². The highest BCUT2D eigenvalue weighted by Gasteiger charge is 2.00. The monoisotopic (exact) mass is 172 g/mol. The molecule has 60 valence electrons. The molecule has 0 saturated carbocycles. The average molecular weight is 173 g/mol. The maximum atomic E-state index is 10.9. The van der Waals surface area contributed by atoms with Gasteiger partial charge in [-0.15, -0.1) is 0 Å². The highest BCUT2D eigenvalue weighted by molar-refractivity contribution is 6.30. The SMILES string of the molecule is CCC(=O)Cn1cc(Cl)cn1. The van der Waals surface area contributed by atoms with Gasteiger partial charge >= 0.3 is 0 Å². The molecule has 0 unspecified atom stereocenters. The fourth-order valence-corrected chi connectivity index (χ4v) is 0.874. The molecule has 0 fully saturated rings. The molecule has 0 saturated heterocycles. The van der Waals surface area contributed by atoms with Gasteiger partial charge in [-0.05, 0) is 0 Å². The molecule has 0 radical (unpaired) electrons. The van der Waals surface area contributed by atoms with Crippen LogP contribution >= 0.6 is 11.6 Å². The minimum Gasteiger partial charge on any atom is -0.298 e. The smallest absolute Gasteiger partial charge is 0.154 e. The summed E-state index contributed by atoms with van der Waals surface area (Å²) in [4.78, 5) is 10.9. The second kappa shape index (κ2) is 3.53. The van der Waals surface area contributed by atoms with Crippen LogP contribution in [0.2, 0.25) is 5.02 Å². The molecule has 1 rings (SSSR count). The van der Waals surface area contributed by atoms with Crippen molar-refractivity contribution < 1.29 is 4.79 Å². The molecule has 0 aliphatic rings. The first-order valence-corrected chi connectivity index (χ1v) is 3.80. The number of aromatic nitrogens is 2. The third-order valence-electron chi connectivity index (χ3n) is 1.33. The third kappa shape index (κ3) is 2.35. The normalized spacial score (nSPS) is 10.0. The number of rotatable bonds is 3. The van der Waals surface area contributed by atoms with E-state index in [-0.39, 0.29) is 5.78 Å². The number of nitrogens with zero attached hydrogens (tertiary/aromatic N) is 2. The molecule has 0 spiro atoms. The summed E-state index contributed by atoms with van der Waals surface area (Å²) in [6, 6.07) is 0. The summed E-state index contributed by atoms with van der Waals surface area (Å²) in [5, 5.41) is 4.43. The molecular formula is C7H9ClN2O. The molecule has 1 aromatic heterocycles. The number of ketones is 1. The van der Waals surface area contributed by atoms with Crippen LogP contribution in [0.4, 0.5) is 0 Å². The van der Waals surface area contributed by atoms with E-state index in [1.165, 1.54) is 10.9 Å². The second-order valence-electron chi connectivity index (χ2n) is 2.25. The Labute approximate surface area is 70.0 Å². The maximum Gasteiger partial charge on any atom is 0.154 e. The van der Waals surface area contributed by atoms with E-state index in [9.17, 15) is 4.79 Å². The van der Waals surface area contributed by atoms with Crippen LogP contribution < -0.4 is 0 Å². The van der Waals surface area contributed by atoms with Gasteiger partial charge in [0.25, 0.3) is 0 Å². The minimum absolute atomic E-state index is 0.157. The van der Waals surface area contributed by atoms with Gasteiger partial charge in [-0.1, -0.05) is 18.5 Å². The Bertz CT molecular complexity index is 257. The molecule has 0 atom stereocenters. The first-order chi connectivity index (χ1) is 5.22. The van der Waals surface area contributed by atoms with Crippen LogP contribution in [0.25, 0.3) is 0 Å². The average Bonchev–Trinajstić information content (AvgIpc) is 2.35. The Morgan fingerprint density at radius 2 is 2.55 bits per heavy atom. The van der Waals surface area contributed by atoms with Crippen LogP contribution in [-0.2, 0) is 11.3 Å². The summed E-state index contributed by atoms with van der Waals surface area (Å²) >= 11 is 5.59. The van der Waals surface area contributed by atoms with Crippen molar-refractivity contribution in [3.63, 3.8) is 0 Å². The summed E-state index contributed by atoms with van der Waals surface area (Å²) < 4.78 is 1.54. The summed E-state index contributed by atoms with van der Waals surface area (Å²) in [7, 11) is 0. The number of carbonyl (C=O) groups excluding carboxylic acids is 1. The lowest BCUT2D eigenvalue weighted by Crippen LogP contribution is -2.08. The molecule has 1 aromatic rings. The van der Waals surface area contributed by atoms with Gasteiger partial charge in [0.15, 0.2) is 5.78 Å². The van der Waals surface area contributed by atoms with Crippen molar-refractivity contribution >= 4 is 17.4 Å². The molecule has 3 nitrogen and oxygen atoms in total. The van der Waals surface area contributed by atoms with Crippen molar-refractivity contribution in [3.05, 3.63) is 17.4 Å². The molecule has 11 heavy (non-hydrogen) atoms. The van der Waals surface area contributed by atoms with Gasteiger partial charge in [0.05, 0.1) is 17.8 Å². The number of Topliss-reactive ketones (excluding diaryl/α,β-unsaturated/α-hetero) is 1. The standard InChI is InChI=1S/C7H9ClN2O/c1-2-7(11)5-10-4-6(8)3-9-10/h3-4H,2,5H2,1H3. The van der Waals surface area contributed by atoms with Gasteiger partial charge in [0.1, 0.15) is 0 Å². The molecule has 0 aliphatic carbocycles. The lowest BCUT2D eigenvalue weighted by molar-refractivity contribution is -0.119. The van der Waals surface area contributed by atoms with E-state index in [2.05, 4.69) is 5.10 Å². The van der Waals surface area contributed by atoms with Crippen molar-refractivity contribution in [3.8, 4) is 0 Å². The minimum atomic E-state index is 0.157. The van der Waals surface area contributed by atoms with E-state index in [0.29, 0.717) is 18.0 Å². The van der Waals surface area contributed by atoms with Crippen LogP contribution in [-0.4, -0.2) is 15.6 Å². The summed E-state index contributed by atoms with van der Waals surface area (Å²) in [6.45, 7) is 2.15. The van der Waals surface area contributed by atoms with Crippen LogP contribution in [0.1, 0.15) is 13.3 Å². The quantitative estimate of drug-likeness (QED) is 0.693. The third-order valence-corrected chi connectivity index (χ3v) is 1.53. The van der Waals surface area contributed by atoms with Gasteiger partial charge in [-0.25, -0.2) is 0 Å². The lowest BCUT2D eigenvalue weighted by atomic mass is 10.3. The topological polar surface area (TPSA) is 34.9 Å². The Morgan fingerprint density at radius 3 is 3.00 bits per heavy atom. The van der Waals surface area contributed by atoms with E-state index in [1.54, 1.807) is 6.20 Å². The Balaban J connectivity index is 2.57. The van der Waals surface area contributed by atoms with Crippen LogP contribution in [0, 0.1) is 0 Å². The van der Waals surface area contributed by atoms with Crippen molar-refractivity contribution in [1.29, 1.82) is 0 Å². The molecule has 4 heteroatoms. The fourth-order valence-electron chi connectivity index (χ4n) is 0.717. The van der Waals surface area contributed by atoms with Gasteiger partial charge < -0.3 is 0 Å². The van der Waals surface area contributed by atoms with Gasteiger partial charge in [0, 0.05) is 12.6 Å². The molecule has 0 bridgehead atoms. The van der Waals surface area contributed by atoms with E-state index >= 15 is 0 Å². The highest BCUT2D eigenvalue weighted by Crippen LogP contribution is 2.04. The lowest BCUT2D eigenvalue weighted by Gasteiger charge is -1.95. The first kappa shape index (κ1) is 8.27. The highest BCUT2D eigenvalue weighted by atomic mass is 35.5. The van der Waals surface area contributed by atoms with Crippen molar-refractivity contribution in [2.24, 2.45) is 0 Å². The van der Waals surface area contributed by atoms with Crippen LogP contribution in [0.3, 0.4) is 0 Å². The van der Waals surface area contributed by atoms with Gasteiger partial charge in [0.2, 0.25) is 0 Å². The summed E-state index contributed by atoms with van der Waals surface area (Å²) in [5.41, 5.74) is 0. The molecular weight excluding hydrogens is 164 g/mol. The summed E-state index contributed by atoms with van der Waals surface area (Å²) in [5.74, 6) is 0.157. The predicted molar refractivity (Wildman–Crippen MR) is 42.5 cm³/mol.